The molecule has 0 amide bonds. The largest absolute Gasteiger partial charge is 0.477 e. The molecule has 2 aromatic rings. The van der Waals surface area contributed by atoms with Crippen LogP contribution in [0.1, 0.15) is 16.9 Å². The molecule has 0 bridgehead atoms. The highest BCUT2D eigenvalue weighted by molar-refractivity contribution is 5.85. The molecule has 2 heterocycles. The van der Waals surface area contributed by atoms with Gasteiger partial charge in [0.15, 0.2) is 5.69 Å². The summed E-state index contributed by atoms with van der Waals surface area (Å²) in [6, 6.07) is 4.86. The summed E-state index contributed by atoms with van der Waals surface area (Å²) in [5.74, 6) is -0.463. The van der Waals surface area contributed by atoms with Crippen LogP contribution in [0.2, 0.25) is 0 Å². The standard InChI is InChI=1S/C11H13N5O2/c17-11(18)9-3-1-4-10(14-9)12-5-2-7-16-8-6-13-15-16/h1,3-4,6,8H,2,5,7H2,(H,12,14)(H,17,18). The Morgan fingerprint density at radius 3 is 3.06 bits per heavy atom. The fourth-order valence-electron chi connectivity index (χ4n) is 1.46. The lowest BCUT2D eigenvalue weighted by molar-refractivity contribution is 0.0690. The molecule has 18 heavy (non-hydrogen) atoms. The Kier molecular flexibility index (Phi) is 3.85. The molecule has 0 atom stereocenters. The third kappa shape index (κ3) is 3.27. The smallest absolute Gasteiger partial charge is 0.354 e. The second kappa shape index (κ2) is 5.76. The molecule has 0 saturated carbocycles. The summed E-state index contributed by atoms with van der Waals surface area (Å²) < 4.78 is 1.74. The number of anilines is 1. The number of hydrogen-bond acceptors (Lipinski definition) is 5. The van der Waals surface area contributed by atoms with Crippen LogP contribution in [0, 0.1) is 0 Å². The highest BCUT2D eigenvalue weighted by Crippen LogP contribution is 2.04. The van der Waals surface area contributed by atoms with Gasteiger partial charge in [0.25, 0.3) is 0 Å². The first-order chi connectivity index (χ1) is 8.75. The minimum absolute atomic E-state index is 0.0382. The lowest BCUT2D eigenvalue weighted by atomic mass is 10.3. The Labute approximate surface area is 103 Å². The normalized spacial score (nSPS) is 10.2. The number of pyridine rings is 1. The summed E-state index contributed by atoms with van der Waals surface area (Å²) in [6.07, 6.45) is 4.27. The van der Waals surface area contributed by atoms with E-state index in [4.69, 9.17) is 5.11 Å². The van der Waals surface area contributed by atoms with Crippen LogP contribution in [0.15, 0.2) is 30.6 Å². The van der Waals surface area contributed by atoms with Gasteiger partial charge in [-0.3, -0.25) is 4.68 Å². The van der Waals surface area contributed by atoms with E-state index in [0.29, 0.717) is 12.4 Å². The molecule has 7 nitrogen and oxygen atoms in total. The van der Waals surface area contributed by atoms with Crippen molar-refractivity contribution in [3.8, 4) is 0 Å². The lowest BCUT2D eigenvalue weighted by Gasteiger charge is -2.05. The first kappa shape index (κ1) is 12.0. The van der Waals surface area contributed by atoms with Gasteiger partial charge in [0, 0.05) is 19.3 Å². The number of aryl methyl sites for hydroxylation is 1. The Bertz CT molecular complexity index is 512. The van der Waals surface area contributed by atoms with Crippen LogP contribution in [0.4, 0.5) is 5.82 Å². The maximum absolute atomic E-state index is 10.7. The van der Waals surface area contributed by atoms with Gasteiger partial charge in [-0.25, -0.2) is 9.78 Å². The maximum atomic E-state index is 10.7. The van der Waals surface area contributed by atoms with Crippen LogP contribution in [-0.2, 0) is 6.54 Å². The van der Waals surface area contributed by atoms with Gasteiger partial charge in [0.05, 0.1) is 6.20 Å². The molecule has 0 saturated heterocycles. The van der Waals surface area contributed by atoms with Gasteiger partial charge in [-0.2, -0.15) is 0 Å². The van der Waals surface area contributed by atoms with Gasteiger partial charge < -0.3 is 10.4 Å². The molecule has 0 spiro atoms. The van der Waals surface area contributed by atoms with Gasteiger partial charge in [0.1, 0.15) is 5.82 Å². The minimum Gasteiger partial charge on any atom is -0.477 e. The molecule has 2 rings (SSSR count). The van der Waals surface area contributed by atoms with Crippen molar-refractivity contribution >= 4 is 11.8 Å². The number of aromatic carboxylic acids is 1. The highest BCUT2D eigenvalue weighted by atomic mass is 16.4. The molecule has 0 aliphatic heterocycles. The summed E-state index contributed by atoms with van der Waals surface area (Å²) in [4.78, 5) is 14.7. The molecule has 0 radical (unpaired) electrons. The molecule has 7 heteroatoms. The average Bonchev–Trinajstić information content (AvgIpc) is 2.88. The van der Waals surface area contributed by atoms with Crippen LogP contribution in [0.5, 0.6) is 0 Å². The molecule has 0 fully saturated rings. The number of nitrogens with one attached hydrogen (secondary N) is 1. The molecule has 0 aliphatic carbocycles. The number of rotatable bonds is 6. The van der Waals surface area contributed by atoms with Crippen LogP contribution in [0.25, 0.3) is 0 Å². The topological polar surface area (TPSA) is 92.9 Å². The number of carboxylic acid groups (broad SMARTS) is 1. The van der Waals surface area contributed by atoms with Crippen molar-refractivity contribution < 1.29 is 9.90 Å². The predicted molar refractivity (Wildman–Crippen MR) is 64.3 cm³/mol. The predicted octanol–water partition coefficient (Wildman–Crippen LogP) is 0.873. The second-order valence-corrected chi connectivity index (χ2v) is 3.66. The fraction of sp³-hybridized carbons (Fsp3) is 0.273. The van der Waals surface area contributed by atoms with Crippen LogP contribution in [-0.4, -0.2) is 37.6 Å². The third-order valence-corrected chi connectivity index (χ3v) is 2.31. The quantitative estimate of drug-likeness (QED) is 0.736. The van der Waals surface area contributed by atoms with Crippen molar-refractivity contribution in [3.63, 3.8) is 0 Å². The monoisotopic (exact) mass is 247 g/mol. The molecular weight excluding hydrogens is 234 g/mol. The van der Waals surface area contributed by atoms with E-state index < -0.39 is 5.97 Å². The van der Waals surface area contributed by atoms with Crippen molar-refractivity contribution in [1.29, 1.82) is 0 Å². The maximum Gasteiger partial charge on any atom is 0.354 e. The lowest BCUT2D eigenvalue weighted by Crippen LogP contribution is -2.09. The highest BCUT2D eigenvalue weighted by Gasteiger charge is 2.04. The zero-order valence-electron chi connectivity index (χ0n) is 9.65. The molecule has 0 aromatic carbocycles. The zero-order valence-corrected chi connectivity index (χ0v) is 9.65. The van der Waals surface area contributed by atoms with Crippen LogP contribution >= 0.6 is 0 Å². The SMILES string of the molecule is O=C(O)c1cccc(NCCCn2ccnn2)n1. The van der Waals surface area contributed by atoms with Gasteiger partial charge in [-0.15, -0.1) is 5.10 Å². The van der Waals surface area contributed by atoms with E-state index >= 15 is 0 Å². The van der Waals surface area contributed by atoms with E-state index in [2.05, 4.69) is 20.6 Å². The number of aromatic nitrogens is 4. The van der Waals surface area contributed by atoms with Crippen LogP contribution < -0.4 is 5.32 Å². The van der Waals surface area contributed by atoms with E-state index in [-0.39, 0.29) is 5.69 Å². The van der Waals surface area contributed by atoms with E-state index in [1.807, 2.05) is 0 Å². The number of carbonyl (C=O) groups is 1. The van der Waals surface area contributed by atoms with Crippen LogP contribution in [0.3, 0.4) is 0 Å². The molecular formula is C11H13N5O2. The summed E-state index contributed by atoms with van der Waals surface area (Å²) >= 11 is 0. The first-order valence-corrected chi connectivity index (χ1v) is 5.54. The minimum atomic E-state index is -1.03. The molecule has 2 aromatic heterocycles. The Morgan fingerprint density at radius 2 is 2.33 bits per heavy atom. The van der Waals surface area contributed by atoms with Crippen molar-refractivity contribution in [2.24, 2.45) is 0 Å². The van der Waals surface area contributed by atoms with Crippen molar-refractivity contribution in [2.75, 3.05) is 11.9 Å². The molecule has 0 aliphatic rings. The molecule has 0 unspecified atom stereocenters. The second-order valence-electron chi connectivity index (χ2n) is 3.66. The Morgan fingerprint density at radius 1 is 1.44 bits per heavy atom. The molecule has 94 valence electrons. The van der Waals surface area contributed by atoms with Gasteiger partial charge in [-0.05, 0) is 18.6 Å². The summed E-state index contributed by atoms with van der Waals surface area (Å²) in [5.41, 5.74) is 0.0382. The van der Waals surface area contributed by atoms with Gasteiger partial charge >= 0.3 is 5.97 Å². The third-order valence-electron chi connectivity index (χ3n) is 2.31. The average molecular weight is 247 g/mol. The van der Waals surface area contributed by atoms with Crippen molar-refractivity contribution in [3.05, 3.63) is 36.3 Å². The van der Waals surface area contributed by atoms with E-state index in [1.165, 1.54) is 6.07 Å². The van der Waals surface area contributed by atoms with Gasteiger partial charge in [0.2, 0.25) is 0 Å². The summed E-state index contributed by atoms with van der Waals surface area (Å²) in [6.45, 7) is 1.45. The van der Waals surface area contributed by atoms with E-state index in [1.54, 1.807) is 29.2 Å². The fourth-order valence-corrected chi connectivity index (χ4v) is 1.46. The number of hydrogen-bond donors (Lipinski definition) is 2. The Balaban J connectivity index is 1.79. The number of carboxylic acids is 1. The number of nitrogens with zero attached hydrogens (tertiary/aromatic N) is 4. The summed E-state index contributed by atoms with van der Waals surface area (Å²) in [5, 5.41) is 19.4. The zero-order chi connectivity index (χ0) is 12.8. The van der Waals surface area contributed by atoms with E-state index in [9.17, 15) is 4.79 Å². The first-order valence-electron chi connectivity index (χ1n) is 5.54. The van der Waals surface area contributed by atoms with Crippen molar-refractivity contribution in [2.45, 2.75) is 13.0 Å². The molecule has 2 N–H and O–H groups in total. The van der Waals surface area contributed by atoms with Gasteiger partial charge in [-0.1, -0.05) is 11.3 Å². The van der Waals surface area contributed by atoms with Crippen molar-refractivity contribution in [1.82, 2.24) is 20.0 Å². The Hall–Kier alpha value is -2.44. The van der Waals surface area contributed by atoms with E-state index in [0.717, 1.165) is 13.0 Å². The summed E-state index contributed by atoms with van der Waals surface area (Å²) in [7, 11) is 0.